The largest absolute Gasteiger partial charge is 0.611 e. The Hall–Kier alpha value is -3.14. The molecule has 1 unspecified atom stereocenters. The second-order valence-corrected chi connectivity index (χ2v) is 9.70. The third-order valence-corrected chi connectivity index (χ3v) is 6.48. The van der Waals surface area contributed by atoms with Gasteiger partial charge in [-0.05, 0) is 75.5 Å². The molecule has 2 N–H and O–H groups in total. The second kappa shape index (κ2) is 10.7. The number of aryl methyl sites for hydroxylation is 1. The minimum absolute atomic E-state index is 0.0148. The van der Waals surface area contributed by atoms with Crippen molar-refractivity contribution in [2.75, 3.05) is 20.6 Å². The molecule has 0 saturated carbocycles. The average Bonchev–Trinajstić information content (AvgIpc) is 2.78. The quantitative estimate of drug-likeness (QED) is 0.310. The van der Waals surface area contributed by atoms with Crippen LogP contribution in [0.3, 0.4) is 0 Å². The van der Waals surface area contributed by atoms with Crippen LogP contribution < -0.4 is 0 Å². The van der Waals surface area contributed by atoms with E-state index in [1.807, 2.05) is 38.1 Å². The van der Waals surface area contributed by atoms with Gasteiger partial charge in [0.15, 0.2) is 4.90 Å². The average molecular weight is 468 g/mol. The van der Waals surface area contributed by atoms with E-state index in [0.29, 0.717) is 17.9 Å². The number of benzene rings is 2. The molecule has 0 aliphatic rings. The van der Waals surface area contributed by atoms with Gasteiger partial charge in [-0.3, -0.25) is 15.8 Å². The van der Waals surface area contributed by atoms with Crippen LogP contribution in [0.2, 0.25) is 0 Å². The van der Waals surface area contributed by atoms with E-state index in [1.54, 1.807) is 31.3 Å². The fourth-order valence-electron chi connectivity index (χ4n) is 3.23. The third-order valence-electron chi connectivity index (χ3n) is 4.86. The Morgan fingerprint density at radius 1 is 1.12 bits per heavy atom. The maximum Gasteiger partial charge on any atom is 0.241 e. The second-order valence-electron chi connectivity index (χ2n) is 7.82. The Morgan fingerprint density at radius 2 is 1.79 bits per heavy atom. The molecule has 3 aromatic rings. The molecule has 2 atom stereocenters. The first-order valence-electron chi connectivity index (χ1n) is 10.3. The van der Waals surface area contributed by atoms with Crippen LogP contribution in [0.1, 0.15) is 23.9 Å². The maximum absolute atomic E-state index is 13.9. The lowest BCUT2D eigenvalue weighted by Gasteiger charge is -2.21. The van der Waals surface area contributed by atoms with Crippen LogP contribution >= 0.6 is 0 Å². The van der Waals surface area contributed by atoms with Crippen LogP contribution in [0.5, 0.6) is 0 Å². The van der Waals surface area contributed by atoms with Crippen LogP contribution in [0.15, 0.2) is 59.6 Å². The summed E-state index contributed by atoms with van der Waals surface area (Å²) in [6.45, 7) is 4.34. The highest BCUT2D eigenvalue weighted by Gasteiger charge is 2.21. The zero-order valence-corrected chi connectivity index (χ0v) is 19.7. The Labute approximate surface area is 195 Å². The summed E-state index contributed by atoms with van der Waals surface area (Å²) in [4.78, 5) is 11.5. The van der Waals surface area contributed by atoms with Crippen molar-refractivity contribution < 1.29 is 13.7 Å². The monoisotopic (exact) mass is 467 g/mol. The highest BCUT2D eigenvalue weighted by Crippen LogP contribution is 2.23. The van der Waals surface area contributed by atoms with Gasteiger partial charge in [0.25, 0.3) is 0 Å². The van der Waals surface area contributed by atoms with Gasteiger partial charge in [-0.2, -0.15) is 0 Å². The Kier molecular flexibility index (Phi) is 7.91. The van der Waals surface area contributed by atoms with Gasteiger partial charge in [-0.25, -0.2) is 9.37 Å². The highest BCUT2D eigenvalue weighted by molar-refractivity contribution is 7.92. The summed E-state index contributed by atoms with van der Waals surface area (Å²) in [5.41, 5.74) is 1.79. The van der Waals surface area contributed by atoms with Gasteiger partial charge in [-0.1, -0.05) is 12.1 Å². The molecule has 0 saturated heterocycles. The third kappa shape index (κ3) is 6.01. The van der Waals surface area contributed by atoms with Gasteiger partial charge in [-0.15, -0.1) is 0 Å². The lowest BCUT2D eigenvalue weighted by molar-refractivity contribution is 0.405. The molecule has 1 aromatic heterocycles. The Bertz CT molecular complexity index is 1150. The van der Waals surface area contributed by atoms with Gasteiger partial charge in [0.1, 0.15) is 16.8 Å². The molecule has 0 amide bonds. The fourth-order valence-corrected chi connectivity index (χ4v) is 4.53. The van der Waals surface area contributed by atoms with Gasteiger partial charge in [0.05, 0.1) is 23.1 Å². The van der Waals surface area contributed by atoms with Gasteiger partial charge < -0.3 is 14.2 Å². The molecular weight excluding hydrogens is 441 g/mol. The van der Waals surface area contributed by atoms with Crippen molar-refractivity contribution in [3.63, 3.8) is 0 Å². The van der Waals surface area contributed by atoms with E-state index in [4.69, 9.17) is 15.6 Å². The number of hydrogen-bond acceptors (Lipinski definition) is 7. The summed E-state index contributed by atoms with van der Waals surface area (Å²) < 4.78 is 31.9. The number of ether oxygens (including phenoxy) is 1. The summed E-state index contributed by atoms with van der Waals surface area (Å²) in [7, 11) is 3.90. The molecule has 0 spiro atoms. The molecule has 0 radical (unpaired) electrons. The molecule has 9 heteroatoms. The van der Waals surface area contributed by atoms with Crippen molar-refractivity contribution in [2.24, 2.45) is 0 Å². The van der Waals surface area contributed by atoms with E-state index in [2.05, 4.69) is 9.97 Å². The minimum Gasteiger partial charge on any atom is -0.611 e. The number of nitrogens with zero attached hydrogens (tertiary/aromatic N) is 3. The van der Waals surface area contributed by atoms with Crippen LogP contribution in [0.4, 0.5) is 4.39 Å². The van der Waals surface area contributed by atoms with Gasteiger partial charge in [0, 0.05) is 12.1 Å². The van der Waals surface area contributed by atoms with Crippen LogP contribution in [-0.4, -0.2) is 57.1 Å². The molecule has 0 bridgehead atoms. The first kappa shape index (κ1) is 24.5. The summed E-state index contributed by atoms with van der Waals surface area (Å²) >= 11 is -1.14. The molecule has 0 fully saturated rings. The van der Waals surface area contributed by atoms with Crippen molar-refractivity contribution in [1.29, 1.82) is 10.8 Å². The van der Waals surface area contributed by atoms with Crippen molar-refractivity contribution in [3.8, 4) is 11.3 Å². The molecule has 33 heavy (non-hydrogen) atoms. The standard InChI is InChI=1S/C24H26FN5O2S/c1-15(14-30(3)4)33(31)18-11-9-17(10-12-18)21-13-28-16(2)22(29-21)24(27)32-23(26)19-7-5-6-8-20(19)25/h5-13,15,26-27H,14H2,1-4H3/t15-,33?/m0/s1. The Balaban J connectivity index is 1.79. The van der Waals surface area contributed by atoms with E-state index >= 15 is 0 Å². The topological polar surface area (TPSA) is 109 Å². The van der Waals surface area contributed by atoms with Gasteiger partial charge in [0.2, 0.25) is 11.8 Å². The molecule has 172 valence electrons. The highest BCUT2D eigenvalue weighted by atomic mass is 32.2. The zero-order valence-electron chi connectivity index (χ0n) is 18.9. The van der Waals surface area contributed by atoms with E-state index in [9.17, 15) is 8.94 Å². The predicted molar refractivity (Wildman–Crippen MR) is 128 cm³/mol. The molecule has 1 heterocycles. The number of halogens is 1. The first-order chi connectivity index (χ1) is 15.7. The van der Waals surface area contributed by atoms with Crippen LogP contribution in [0.25, 0.3) is 11.3 Å². The molecule has 7 nitrogen and oxygen atoms in total. The maximum atomic E-state index is 13.9. The van der Waals surface area contributed by atoms with E-state index in [-0.39, 0.29) is 16.5 Å². The van der Waals surface area contributed by atoms with Crippen molar-refractivity contribution >= 4 is 23.0 Å². The summed E-state index contributed by atoms with van der Waals surface area (Å²) in [6.07, 6.45) is 1.58. The van der Waals surface area contributed by atoms with Crippen molar-refractivity contribution in [2.45, 2.75) is 24.0 Å². The van der Waals surface area contributed by atoms with E-state index < -0.39 is 28.8 Å². The lowest BCUT2D eigenvalue weighted by Crippen LogP contribution is -2.30. The Morgan fingerprint density at radius 3 is 2.42 bits per heavy atom. The van der Waals surface area contributed by atoms with Crippen LogP contribution in [-0.2, 0) is 15.9 Å². The molecule has 0 aliphatic heterocycles. The minimum atomic E-state index is -1.14. The predicted octanol–water partition coefficient (Wildman–Crippen LogP) is 4.02. The SMILES string of the molecule is Cc1ncc(-c2ccc([S+]([O-])[C@@H](C)CN(C)C)cc2)nc1C(=N)OC(=N)c1ccccc1F. The zero-order chi connectivity index (χ0) is 24.1. The number of nitrogens with one attached hydrogen (secondary N) is 2. The summed E-state index contributed by atoms with van der Waals surface area (Å²) in [5, 5.41) is 16.2. The van der Waals surface area contributed by atoms with Crippen molar-refractivity contribution in [3.05, 3.63) is 77.5 Å². The molecule has 2 aromatic carbocycles. The number of rotatable bonds is 7. The summed E-state index contributed by atoms with van der Waals surface area (Å²) in [5.74, 6) is -1.49. The molecular formula is C24H26FN5O2S. The lowest BCUT2D eigenvalue weighted by atomic mass is 10.1. The van der Waals surface area contributed by atoms with Crippen LogP contribution in [0, 0.1) is 23.6 Å². The van der Waals surface area contributed by atoms with E-state index in [0.717, 1.165) is 10.5 Å². The molecule has 0 aliphatic carbocycles. The number of aromatic nitrogens is 2. The van der Waals surface area contributed by atoms with Gasteiger partial charge >= 0.3 is 0 Å². The smallest absolute Gasteiger partial charge is 0.241 e. The first-order valence-corrected chi connectivity index (χ1v) is 11.5. The van der Waals surface area contributed by atoms with E-state index in [1.165, 1.54) is 18.2 Å². The number of hydrogen-bond donors (Lipinski definition) is 2. The normalized spacial score (nSPS) is 12.9. The summed E-state index contributed by atoms with van der Waals surface area (Å²) in [6, 6.07) is 13.0. The van der Waals surface area contributed by atoms with Crippen molar-refractivity contribution in [1.82, 2.24) is 14.9 Å². The molecule has 3 rings (SSSR count). The fraction of sp³-hybridized carbons (Fsp3) is 0.250.